The second-order valence-corrected chi connectivity index (χ2v) is 5.17. The summed E-state index contributed by atoms with van der Waals surface area (Å²) in [6.45, 7) is 2.82. The highest BCUT2D eigenvalue weighted by molar-refractivity contribution is 5.70. The van der Waals surface area contributed by atoms with Gasteiger partial charge in [0.15, 0.2) is 0 Å². The third-order valence-electron chi connectivity index (χ3n) is 3.52. The predicted octanol–water partition coefficient (Wildman–Crippen LogP) is 3.85. The van der Waals surface area contributed by atoms with E-state index < -0.39 is 0 Å². The van der Waals surface area contributed by atoms with Crippen LogP contribution in [-0.4, -0.2) is 18.8 Å². The van der Waals surface area contributed by atoms with Crippen molar-refractivity contribution in [3.05, 3.63) is 70.3 Å². The summed E-state index contributed by atoms with van der Waals surface area (Å²) in [5.41, 5.74) is 5.70. The minimum absolute atomic E-state index is 0.0704. The van der Waals surface area contributed by atoms with Crippen molar-refractivity contribution in [3.8, 4) is 0 Å². The first-order valence-electron chi connectivity index (χ1n) is 7.19. The van der Waals surface area contributed by atoms with E-state index in [1.807, 2.05) is 12.1 Å². The average molecular weight is 282 g/mol. The summed E-state index contributed by atoms with van der Waals surface area (Å²) in [4.78, 5) is 0. The Hall–Kier alpha value is -1.90. The standard InChI is InChI=1S/C19H22O2/c1-15-3-5-16(6-4-15)7-8-17-9-10-19(14-20)18(13-17)11-12-21-2/h3-10,13,20H,11-12,14H2,1-2H3/b8-7+. The third-order valence-corrected chi connectivity index (χ3v) is 3.52. The molecule has 110 valence electrons. The van der Waals surface area contributed by atoms with Crippen molar-refractivity contribution in [2.24, 2.45) is 0 Å². The van der Waals surface area contributed by atoms with Crippen LogP contribution in [-0.2, 0) is 17.8 Å². The minimum Gasteiger partial charge on any atom is -0.392 e. The number of aliphatic hydroxyl groups is 1. The van der Waals surface area contributed by atoms with Crippen molar-refractivity contribution < 1.29 is 9.84 Å². The first-order chi connectivity index (χ1) is 10.2. The molecule has 0 radical (unpaired) electrons. The van der Waals surface area contributed by atoms with Gasteiger partial charge in [0.1, 0.15) is 0 Å². The summed E-state index contributed by atoms with van der Waals surface area (Å²) in [5.74, 6) is 0. The van der Waals surface area contributed by atoms with Crippen molar-refractivity contribution >= 4 is 12.2 Å². The van der Waals surface area contributed by atoms with Crippen molar-refractivity contribution in [1.82, 2.24) is 0 Å². The number of rotatable bonds is 6. The van der Waals surface area contributed by atoms with E-state index in [0.29, 0.717) is 6.61 Å². The van der Waals surface area contributed by atoms with Crippen LogP contribution >= 0.6 is 0 Å². The average Bonchev–Trinajstić information content (AvgIpc) is 2.52. The van der Waals surface area contributed by atoms with Gasteiger partial charge >= 0.3 is 0 Å². The second kappa shape index (κ2) is 7.77. The summed E-state index contributed by atoms with van der Waals surface area (Å²) >= 11 is 0. The van der Waals surface area contributed by atoms with Crippen LogP contribution in [0.4, 0.5) is 0 Å². The number of benzene rings is 2. The molecule has 0 amide bonds. The maximum Gasteiger partial charge on any atom is 0.0684 e. The lowest BCUT2D eigenvalue weighted by atomic mass is 10.0. The van der Waals surface area contributed by atoms with Crippen LogP contribution in [0.3, 0.4) is 0 Å². The lowest BCUT2D eigenvalue weighted by molar-refractivity contribution is 0.201. The molecular weight excluding hydrogens is 260 g/mol. The maximum atomic E-state index is 9.38. The Labute approximate surface area is 126 Å². The molecule has 0 saturated carbocycles. The van der Waals surface area contributed by atoms with E-state index in [2.05, 4.69) is 49.4 Å². The van der Waals surface area contributed by atoms with Crippen LogP contribution in [0, 0.1) is 6.92 Å². The van der Waals surface area contributed by atoms with E-state index in [1.165, 1.54) is 11.1 Å². The van der Waals surface area contributed by atoms with Gasteiger partial charge < -0.3 is 9.84 Å². The molecule has 21 heavy (non-hydrogen) atoms. The number of aryl methyl sites for hydroxylation is 1. The molecule has 0 aliphatic heterocycles. The number of hydrogen-bond acceptors (Lipinski definition) is 2. The first kappa shape index (κ1) is 15.5. The predicted molar refractivity (Wildman–Crippen MR) is 88.1 cm³/mol. The Bertz CT molecular complexity index is 597. The van der Waals surface area contributed by atoms with E-state index in [9.17, 15) is 5.11 Å². The van der Waals surface area contributed by atoms with Crippen LogP contribution in [0.15, 0.2) is 42.5 Å². The fourth-order valence-electron chi connectivity index (χ4n) is 2.22. The van der Waals surface area contributed by atoms with E-state index in [0.717, 1.165) is 23.1 Å². The Morgan fingerprint density at radius 2 is 1.62 bits per heavy atom. The van der Waals surface area contributed by atoms with Gasteiger partial charge in [-0.15, -0.1) is 0 Å². The second-order valence-electron chi connectivity index (χ2n) is 5.17. The van der Waals surface area contributed by atoms with E-state index in [1.54, 1.807) is 7.11 Å². The zero-order valence-corrected chi connectivity index (χ0v) is 12.7. The zero-order valence-electron chi connectivity index (χ0n) is 12.7. The fraction of sp³-hybridized carbons (Fsp3) is 0.263. The summed E-state index contributed by atoms with van der Waals surface area (Å²) in [6, 6.07) is 14.6. The van der Waals surface area contributed by atoms with Crippen LogP contribution in [0.2, 0.25) is 0 Å². The smallest absolute Gasteiger partial charge is 0.0684 e. The molecule has 0 bridgehead atoms. The van der Waals surface area contributed by atoms with Gasteiger partial charge in [0.2, 0.25) is 0 Å². The summed E-state index contributed by atoms with van der Waals surface area (Å²) in [5, 5.41) is 9.38. The third kappa shape index (κ3) is 4.55. The van der Waals surface area contributed by atoms with Crippen LogP contribution in [0.1, 0.15) is 27.8 Å². The van der Waals surface area contributed by atoms with Crippen molar-refractivity contribution in [2.75, 3.05) is 13.7 Å². The number of aliphatic hydroxyl groups excluding tert-OH is 1. The van der Waals surface area contributed by atoms with Gasteiger partial charge in [-0.3, -0.25) is 0 Å². The van der Waals surface area contributed by atoms with Crippen molar-refractivity contribution in [1.29, 1.82) is 0 Å². The first-order valence-corrected chi connectivity index (χ1v) is 7.19. The molecule has 0 aliphatic carbocycles. The summed E-state index contributed by atoms with van der Waals surface area (Å²) < 4.78 is 5.13. The molecule has 0 spiro atoms. The number of methoxy groups -OCH3 is 1. The van der Waals surface area contributed by atoms with Gasteiger partial charge in [0, 0.05) is 7.11 Å². The highest BCUT2D eigenvalue weighted by Crippen LogP contribution is 2.16. The number of ether oxygens (including phenoxy) is 1. The lowest BCUT2D eigenvalue weighted by Gasteiger charge is -2.08. The SMILES string of the molecule is COCCc1cc(/C=C/c2ccc(C)cc2)ccc1CO. The Morgan fingerprint density at radius 1 is 0.952 bits per heavy atom. The van der Waals surface area contributed by atoms with Gasteiger partial charge in [-0.05, 0) is 35.6 Å². The molecule has 2 aromatic carbocycles. The van der Waals surface area contributed by atoms with Crippen LogP contribution in [0.25, 0.3) is 12.2 Å². The highest BCUT2D eigenvalue weighted by Gasteiger charge is 2.02. The molecule has 0 atom stereocenters. The molecule has 2 rings (SSSR count). The van der Waals surface area contributed by atoms with E-state index in [4.69, 9.17) is 4.74 Å². The van der Waals surface area contributed by atoms with Gasteiger partial charge in [0.05, 0.1) is 13.2 Å². The summed E-state index contributed by atoms with van der Waals surface area (Å²) in [7, 11) is 1.69. The minimum atomic E-state index is 0.0704. The maximum absolute atomic E-state index is 9.38. The van der Waals surface area contributed by atoms with Crippen molar-refractivity contribution in [2.45, 2.75) is 20.0 Å². The zero-order chi connectivity index (χ0) is 15.1. The Kier molecular flexibility index (Phi) is 5.73. The van der Waals surface area contributed by atoms with E-state index in [-0.39, 0.29) is 6.61 Å². The van der Waals surface area contributed by atoms with E-state index >= 15 is 0 Å². The molecule has 2 nitrogen and oxygen atoms in total. The van der Waals surface area contributed by atoms with Gasteiger partial charge in [-0.2, -0.15) is 0 Å². The molecule has 0 heterocycles. The molecule has 2 heteroatoms. The largest absolute Gasteiger partial charge is 0.392 e. The fourth-order valence-corrected chi connectivity index (χ4v) is 2.22. The van der Waals surface area contributed by atoms with Crippen LogP contribution < -0.4 is 0 Å². The quantitative estimate of drug-likeness (QED) is 0.816. The topological polar surface area (TPSA) is 29.5 Å². The number of hydrogen-bond donors (Lipinski definition) is 1. The normalized spacial score (nSPS) is 11.2. The Balaban J connectivity index is 2.17. The molecule has 1 N–H and O–H groups in total. The monoisotopic (exact) mass is 282 g/mol. The molecular formula is C19H22O2. The van der Waals surface area contributed by atoms with Crippen molar-refractivity contribution in [3.63, 3.8) is 0 Å². The van der Waals surface area contributed by atoms with Gasteiger partial charge in [-0.25, -0.2) is 0 Å². The van der Waals surface area contributed by atoms with Gasteiger partial charge in [0.25, 0.3) is 0 Å². The molecule has 0 aliphatic rings. The van der Waals surface area contributed by atoms with Gasteiger partial charge in [-0.1, -0.05) is 60.2 Å². The molecule has 0 unspecified atom stereocenters. The Morgan fingerprint density at radius 3 is 2.29 bits per heavy atom. The molecule has 2 aromatic rings. The molecule has 0 saturated heterocycles. The summed E-state index contributed by atoms with van der Waals surface area (Å²) in [6.07, 6.45) is 5.02. The lowest BCUT2D eigenvalue weighted by Crippen LogP contribution is -2.00. The molecule has 0 fully saturated rings. The van der Waals surface area contributed by atoms with Crippen LogP contribution in [0.5, 0.6) is 0 Å². The highest BCUT2D eigenvalue weighted by atomic mass is 16.5. The molecule has 0 aromatic heterocycles.